The van der Waals surface area contributed by atoms with Crippen LogP contribution >= 0.6 is 11.6 Å². The topological polar surface area (TPSA) is 76.3 Å². The number of halogens is 1. The van der Waals surface area contributed by atoms with E-state index in [0.29, 0.717) is 10.7 Å². The van der Waals surface area contributed by atoms with Gasteiger partial charge in [-0.25, -0.2) is 0 Å². The molecule has 0 N–H and O–H groups in total. The molecule has 0 fully saturated rings. The average Bonchev–Trinajstić information content (AvgIpc) is 2.46. The van der Waals surface area contributed by atoms with Crippen molar-refractivity contribution in [2.45, 2.75) is 0 Å². The normalized spacial score (nSPS) is 10.1. The Balaban J connectivity index is 2.27. The van der Waals surface area contributed by atoms with E-state index >= 15 is 0 Å². The largest absolute Gasteiger partial charge is 0.311 e. The van der Waals surface area contributed by atoms with Crippen molar-refractivity contribution in [3.63, 3.8) is 0 Å². The molecule has 0 unspecified atom stereocenters. The number of nitrogens with zero attached hydrogens (tertiary/aromatic N) is 3. The van der Waals surface area contributed by atoms with Crippen LogP contribution in [0, 0.1) is 10.1 Å². The molecule has 1 amide bonds. The Morgan fingerprint density at radius 3 is 2.50 bits per heavy atom. The van der Waals surface area contributed by atoms with Crippen molar-refractivity contribution in [3.05, 3.63) is 63.4 Å². The van der Waals surface area contributed by atoms with Crippen LogP contribution in [0.2, 0.25) is 5.02 Å². The molecule has 0 aliphatic heterocycles. The van der Waals surface area contributed by atoms with Gasteiger partial charge in [0.2, 0.25) is 0 Å². The first kappa shape index (κ1) is 14.0. The minimum absolute atomic E-state index is 0.0333. The van der Waals surface area contributed by atoms with Crippen LogP contribution in [0.15, 0.2) is 42.7 Å². The number of nitro benzene ring substituents is 1. The number of aromatic nitrogens is 1. The highest BCUT2D eigenvalue weighted by molar-refractivity contribution is 6.34. The lowest BCUT2D eigenvalue weighted by Crippen LogP contribution is -2.26. The van der Waals surface area contributed by atoms with Crippen molar-refractivity contribution in [2.75, 3.05) is 11.9 Å². The predicted molar refractivity (Wildman–Crippen MR) is 75.1 cm³/mol. The molecule has 0 bridgehead atoms. The maximum Gasteiger partial charge on any atom is 0.269 e. The standard InChI is InChI=1S/C13H10ClN3O3/c1-16(9-2-4-10(5-3-9)17(19)20)13(18)11-8-15-7-6-12(11)14/h2-8H,1H3. The summed E-state index contributed by atoms with van der Waals surface area (Å²) in [6.45, 7) is 0. The van der Waals surface area contributed by atoms with Crippen LogP contribution in [-0.2, 0) is 0 Å². The molecular formula is C13H10ClN3O3. The van der Waals surface area contributed by atoms with Gasteiger partial charge in [0.15, 0.2) is 0 Å². The SMILES string of the molecule is CN(C(=O)c1cnccc1Cl)c1ccc([N+](=O)[O-])cc1. The molecule has 0 saturated heterocycles. The molecule has 6 nitrogen and oxygen atoms in total. The van der Waals surface area contributed by atoms with Gasteiger partial charge in [-0.3, -0.25) is 19.9 Å². The van der Waals surface area contributed by atoms with Crippen LogP contribution in [0.1, 0.15) is 10.4 Å². The van der Waals surface area contributed by atoms with Crippen LogP contribution in [-0.4, -0.2) is 22.9 Å². The number of rotatable bonds is 3. The third-order valence-electron chi connectivity index (χ3n) is 2.75. The van der Waals surface area contributed by atoms with Crippen molar-refractivity contribution in [1.82, 2.24) is 4.98 Å². The molecular weight excluding hydrogens is 282 g/mol. The highest BCUT2D eigenvalue weighted by atomic mass is 35.5. The third-order valence-corrected chi connectivity index (χ3v) is 3.08. The van der Waals surface area contributed by atoms with E-state index in [1.807, 2.05) is 0 Å². The number of benzene rings is 1. The lowest BCUT2D eigenvalue weighted by atomic mass is 10.2. The van der Waals surface area contributed by atoms with Gasteiger partial charge < -0.3 is 4.90 Å². The summed E-state index contributed by atoms with van der Waals surface area (Å²) >= 11 is 5.94. The fraction of sp³-hybridized carbons (Fsp3) is 0.0769. The molecule has 1 aromatic carbocycles. The van der Waals surface area contributed by atoms with Gasteiger partial charge in [0.05, 0.1) is 15.5 Å². The molecule has 0 aliphatic rings. The van der Waals surface area contributed by atoms with E-state index in [4.69, 9.17) is 11.6 Å². The Morgan fingerprint density at radius 2 is 1.95 bits per heavy atom. The highest BCUT2D eigenvalue weighted by Crippen LogP contribution is 2.22. The van der Waals surface area contributed by atoms with Gasteiger partial charge in [0.25, 0.3) is 11.6 Å². The number of hydrogen-bond donors (Lipinski definition) is 0. The molecule has 2 rings (SSSR count). The summed E-state index contributed by atoms with van der Waals surface area (Å²) in [6.07, 6.45) is 2.87. The van der Waals surface area contributed by atoms with Gasteiger partial charge in [-0.2, -0.15) is 0 Å². The Bertz CT molecular complexity index is 658. The quantitative estimate of drug-likeness (QED) is 0.643. The molecule has 0 atom stereocenters. The van der Waals surface area contributed by atoms with E-state index < -0.39 is 4.92 Å². The fourth-order valence-corrected chi connectivity index (χ4v) is 1.82. The van der Waals surface area contributed by atoms with E-state index in [9.17, 15) is 14.9 Å². The number of carbonyl (C=O) groups excluding carboxylic acids is 1. The zero-order valence-electron chi connectivity index (χ0n) is 10.5. The van der Waals surface area contributed by atoms with Crippen LogP contribution in [0.4, 0.5) is 11.4 Å². The summed E-state index contributed by atoms with van der Waals surface area (Å²) in [6, 6.07) is 7.20. The number of anilines is 1. The van der Waals surface area contributed by atoms with Crippen LogP contribution in [0.25, 0.3) is 0 Å². The van der Waals surface area contributed by atoms with Gasteiger partial charge >= 0.3 is 0 Å². The van der Waals surface area contributed by atoms with Gasteiger partial charge in [-0.15, -0.1) is 0 Å². The number of amides is 1. The van der Waals surface area contributed by atoms with Gasteiger partial charge in [-0.05, 0) is 18.2 Å². The van der Waals surface area contributed by atoms with Crippen molar-refractivity contribution in [1.29, 1.82) is 0 Å². The second-order valence-corrected chi connectivity index (χ2v) is 4.40. The summed E-state index contributed by atoms with van der Waals surface area (Å²) < 4.78 is 0. The van der Waals surface area contributed by atoms with Crippen LogP contribution in [0.5, 0.6) is 0 Å². The third kappa shape index (κ3) is 2.75. The lowest BCUT2D eigenvalue weighted by molar-refractivity contribution is -0.384. The Kier molecular flexibility index (Phi) is 3.95. The molecule has 0 aliphatic carbocycles. The van der Waals surface area contributed by atoms with Crippen LogP contribution in [0.3, 0.4) is 0 Å². The zero-order chi connectivity index (χ0) is 14.7. The zero-order valence-corrected chi connectivity index (χ0v) is 11.2. The number of pyridine rings is 1. The van der Waals surface area contributed by atoms with Gasteiger partial charge in [0, 0.05) is 37.3 Å². The number of non-ortho nitro benzene ring substituents is 1. The molecule has 0 spiro atoms. The fourth-order valence-electron chi connectivity index (χ4n) is 1.63. The highest BCUT2D eigenvalue weighted by Gasteiger charge is 2.17. The predicted octanol–water partition coefficient (Wildman–Crippen LogP) is 2.92. The van der Waals surface area contributed by atoms with E-state index in [1.165, 1.54) is 47.6 Å². The molecule has 1 heterocycles. The first-order chi connectivity index (χ1) is 9.50. The van der Waals surface area contributed by atoms with Crippen molar-refractivity contribution < 1.29 is 9.72 Å². The number of hydrogen-bond acceptors (Lipinski definition) is 4. The molecule has 2 aromatic rings. The van der Waals surface area contributed by atoms with Crippen molar-refractivity contribution >= 4 is 28.9 Å². The van der Waals surface area contributed by atoms with E-state index in [-0.39, 0.29) is 17.2 Å². The summed E-state index contributed by atoms with van der Waals surface area (Å²) in [5.74, 6) is -0.336. The van der Waals surface area contributed by atoms with Gasteiger partial charge in [0.1, 0.15) is 0 Å². The molecule has 0 saturated carbocycles. The Labute approximate surface area is 119 Å². The van der Waals surface area contributed by atoms with Crippen molar-refractivity contribution in [3.8, 4) is 0 Å². The number of nitro groups is 1. The molecule has 102 valence electrons. The monoisotopic (exact) mass is 291 g/mol. The molecule has 1 aromatic heterocycles. The smallest absolute Gasteiger partial charge is 0.269 e. The Hall–Kier alpha value is -2.47. The van der Waals surface area contributed by atoms with E-state index in [1.54, 1.807) is 7.05 Å². The minimum atomic E-state index is -0.496. The molecule has 0 radical (unpaired) electrons. The first-order valence-electron chi connectivity index (χ1n) is 5.62. The van der Waals surface area contributed by atoms with Gasteiger partial charge in [-0.1, -0.05) is 11.6 Å². The van der Waals surface area contributed by atoms with E-state index in [2.05, 4.69) is 4.98 Å². The summed E-state index contributed by atoms with van der Waals surface area (Å²) in [4.78, 5) is 27.5. The summed E-state index contributed by atoms with van der Waals surface area (Å²) in [5.41, 5.74) is 0.768. The minimum Gasteiger partial charge on any atom is -0.311 e. The number of carbonyl (C=O) groups is 1. The average molecular weight is 292 g/mol. The maximum absolute atomic E-state index is 12.3. The van der Waals surface area contributed by atoms with Crippen LogP contribution < -0.4 is 4.90 Å². The summed E-state index contributed by atoms with van der Waals surface area (Å²) in [7, 11) is 1.56. The maximum atomic E-state index is 12.3. The summed E-state index contributed by atoms with van der Waals surface area (Å²) in [5, 5.41) is 10.9. The lowest BCUT2D eigenvalue weighted by Gasteiger charge is -2.17. The molecule has 20 heavy (non-hydrogen) atoms. The first-order valence-corrected chi connectivity index (χ1v) is 6.00. The van der Waals surface area contributed by atoms with Crippen molar-refractivity contribution in [2.24, 2.45) is 0 Å². The Morgan fingerprint density at radius 1 is 1.30 bits per heavy atom. The molecule has 7 heteroatoms. The second-order valence-electron chi connectivity index (χ2n) is 3.99. The second kappa shape index (κ2) is 5.66. The van der Waals surface area contributed by atoms with E-state index in [0.717, 1.165) is 0 Å².